The highest BCUT2D eigenvalue weighted by Crippen LogP contribution is 2.27. The van der Waals surface area contributed by atoms with Crippen molar-refractivity contribution < 1.29 is 9.59 Å². The van der Waals surface area contributed by atoms with Crippen LogP contribution in [-0.4, -0.2) is 39.6 Å². The van der Waals surface area contributed by atoms with Crippen molar-refractivity contribution in [1.82, 2.24) is 14.7 Å². The fraction of sp³-hybridized carbons (Fsp3) is 0.346. The maximum atomic E-state index is 13.0. The van der Waals surface area contributed by atoms with E-state index in [9.17, 15) is 9.59 Å². The quantitative estimate of drug-likeness (QED) is 0.603. The maximum absolute atomic E-state index is 13.0. The number of hydrogen-bond acceptors (Lipinski definition) is 3. The predicted octanol–water partition coefficient (Wildman–Crippen LogP) is 4.89. The average Bonchev–Trinajstić information content (AvgIpc) is 3.16. The summed E-state index contributed by atoms with van der Waals surface area (Å²) in [5.41, 5.74) is 4.31. The number of aryl methyl sites for hydroxylation is 2. The van der Waals surface area contributed by atoms with Gasteiger partial charge in [-0.15, -0.1) is 0 Å². The summed E-state index contributed by atoms with van der Waals surface area (Å²) < 4.78 is 1.77. The molecular formula is C26H32N4O2. The minimum absolute atomic E-state index is 0.0347. The fourth-order valence-corrected chi connectivity index (χ4v) is 3.38. The summed E-state index contributed by atoms with van der Waals surface area (Å²) in [6, 6.07) is 17.2. The minimum Gasteiger partial charge on any atom is -0.330 e. The van der Waals surface area contributed by atoms with Gasteiger partial charge in [-0.1, -0.05) is 56.7 Å². The Kier molecular flexibility index (Phi) is 6.82. The molecule has 6 heteroatoms. The molecule has 0 spiro atoms. The maximum Gasteiger partial charge on any atom is 0.254 e. The Morgan fingerprint density at radius 2 is 1.69 bits per heavy atom. The van der Waals surface area contributed by atoms with E-state index in [1.807, 2.05) is 63.2 Å². The Labute approximate surface area is 190 Å². The van der Waals surface area contributed by atoms with Crippen molar-refractivity contribution in [3.8, 4) is 5.69 Å². The lowest BCUT2D eigenvalue weighted by molar-refractivity contribution is -0.116. The van der Waals surface area contributed by atoms with Crippen LogP contribution in [0.3, 0.4) is 0 Å². The average molecular weight is 433 g/mol. The largest absolute Gasteiger partial charge is 0.330 e. The van der Waals surface area contributed by atoms with Crippen LogP contribution in [0.5, 0.6) is 0 Å². The third-order valence-electron chi connectivity index (χ3n) is 5.39. The topological polar surface area (TPSA) is 67.2 Å². The predicted molar refractivity (Wildman–Crippen MR) is 128 cm³/mol. The van der Waals surface area contributed by atoms with Gasteiger partial charge in [0.1, 0.15) is 12.4 Å². The van der Waals surface area contributed by atoms with Crippen LogP contribution in [0.2, 0.25) is 0 Å². The van der Waals surface area contributed by atoms with Crippen LogP contribution in [0.15, 0.2) is 54.6 Å². The lowest BCUT2D eigenvalue weighted by atomic mass is 9.92. The van der Waals surface area contributed by atoms with E-state index in [-0.39, 0.29) is 23.8 Å². The van der Waals surface area contributed by atoms with Crippen LogP contribution in [0.4, 0.5) is 5.82 Å². The Balaban J connectivity index is 1.84. The zero-order valence-corrected chi connectivity index (χ0v) is 19.8. The number of nitrogens with one attached hydrogen (secondary N) is 1. The molecule has 0 radical (unpaired) electrons. The van der Waals surface area contributed by atoms with Crippen LogP contribution >= 0.6 is 0 Å². The molecule has 1 heterocycles. The van der Waals surface area contributed by atoms with Gasteiger partial charge < -0.3 is 10.2 Å². The van der Waals surface area contributed by atoms with Gasteiger partial charge in [-0.3, -0.25) is 9.59 Å². The summed E-state index contributed by atoms with van der Waals surface area (Å²) in [4.78, 5) is 27.4. The third-order valence-corrected chi connectivity index (χ3v) is 5.39. The first-order valence-electron chi connectivity index (χ1n) is 10.9. The number of carbonyl (C=O) groups excluding carboxylic acids is 2. The number of carbonyl (C=O) groups is 2. The zero-order chi connectivity index (χ0) is 23.5. The number of aromatic nitrogens is 2. The second-order valence-corrected chi connectivity index (χ2v) is 9.10. The molecule has 0 saturated carbocycles. The molecule has 0 aliphatic carbocycles. The molecular weight excluding hydrogens is 400 g/mol. The number of nitrogens with zero attached hydrogens (tertiary/aromatic N) is 3. The van der Waals surface area contributed by atoms with Crippen LogP contribution < -0.4 is 5.32 Å². The van der Waals surface area contributed by atoms with Crippen LogP contribution in [0.1, 0.15) is 54.9 Å². The van der Waals surface area contributed by atoms with Crippen molar-refractivity contribution in [1.29, 1.82) is 0 Å². The Morgan fingerprint density at radius 1 is 1.03 bits per heavy atom. The second kappa shape index (κ2) is 9.39. The first-order valence-corrected chi connectivity index (χ1v) is 10.9. The number of para-hydroxylation sites is 1. The summed E-state index contributed by atoms with van der Waals surface area (Å²) in [7, 11) is 0. The van der Waals surface area contributed by atoms with Gasteiger partial charge in [-0.05, 0) is 44.5 Å². The van der Waals surface area contributed by atoms with Gasteiger partial charge in [-0.2, -0.15) is 5.10 Å². The first kappa shape index (κ1) is 23.3. The second-order valence-electron chi connectivity index (χ2n) is 9.10. The summed E-state index contributed by atoms with van der Waals surface area (Å²) in [6.45, 7) is 12.5. The molecule has 168 valence electrons. The molecule has 3 aromatic rings. The highest BCUT2D eigenvalue weighted by Gasteiger charge is 2.23. The SMILES string of the molecule is CCN(CC(=O)Nc1cc(C(C)(C)C)nn1-c1ccccc1C)C(=O)c1ccc(C)cc1. The molecule has 0 aliphatic rings. The van der Waals surface area contributed by atoms with E-state index >= 15 is 0 Å². The Morgan fingerprint density at radius 3 is 2.28 bits per heavy atom. The van der Waals surface area contributed by atoms with Crippen LogP contribution in [0, 0.1) is 13.8 Å². The molecule has 6 nitrogen and oxygen atoms in total. The molecule has 0 saturated heterocycles. The van der Waals surface area contributed by atoms with E-state index in [1.54, 1.807) is 21.7 Å². The van der Waals surface area contributed by atoms with Gasteiger partial charge in [0.15, 0.2) is 0 Å². The van der Waals surface area contributed by atoms with E-state index in [0.717, 1.165) is 22.5 Å². The number of benzene rings is 2. The molecule has 0 aliphatic heterocycles. The van der Waals surface area contributed by atoms with Crippen molar-refractivity contribution in [2.24, 2.45) is 0 Å². The van der Waals surface area contributed by atoms with E-state index in [0.29, 0.717) is 17.9 Å². The summed E-state index contributed by atoms with van der Waals surface area (Å²) in [5, 5.41) is 7.75. The smallest absolute Gasteiger partial charge is 0.254 e. The van der Waals surface area contributed by atoms with Crippen molar-refractivity contribution in [2.75, 3.05) is 18.4 Å². The highest BCUT2D eigenvalue weighted by molar-refractivity contribution is 5.99. The molecule has 0 atom stereocenters. The van der Waals surface area contributed by atoms with Gasteiger partial charge >= 0.3 is 0 Å². The number of rotatable bonds is 6. The zero-order valence-electron chi connectivity index (χ0n) is 19.8. The van der Waals surface area contributed by atoms with E-state index in [4.69, 9.17) is 5.10 Å². The summed E-state index contributed by atoms with van der Waals surface area (Å²) >= 11 is 0. The Bertz CT molecular complexity index is 1110. The van der Waals surface area contributed by atoms with Crippen molar-refractivity contribution in [3.05, 3.63) is 77.0 Å². The number of amides is 2. The Hall–Kier alpha value is -3.41. The molecule has 2 aromatic carbocycles. The first-order chi connectivity index (χ1) is 15.1. The standard InChI is InChI=1S/C26H32N4O2/c1-7-29(25(32)20-14-12-18(2)13-15-20)17-24(31)27-23-16-22(26(4,5)6)28-30(23)21-11-9-8-10-19(21)3/h8-16H,7,17H2,1-6H3,(H,27,31). The van der Waals surface area contributed by atoms with E-state index in [1.165, 1.54) is 0 Å². The highest BCUT2D eigenvalue weighted by atomic mass is 16.2. The van der Waals surface area contributed by atoms with E-state index < -0.39 is 0 Å². The van der Waals surface area contributed by atoms with Gasteiger partial charge in [0.05, 0.1) is 11.4 Å². The minimum atomic E-state index is -0.262. The summed E-state index contributed by atoms with van der Waals surface area (Å²) in [6.07, 6.45) is 0. The molecule has 0 fully saturated rings. The molecule has 1 aromatic heterocycles. The summed E-state index contributed by atoms with van der Waals surface area (Å²) in [5.74, 6) is 0.168. The molecule has 1 N–H and O–H groups in total. The van der Waals surface area contributed by atoms with Gasteiger partial charge in [0, 0.05) is 23.6 Å². The molecule has 32 heavy (non-hydrogen) atoms. The lowest BCUT2D eigenvalue weighted by Crippen LogP contribution is -2.38. The van der Waals surface area contributed by atoms with Gasteiger partial charge in [0.2, 0.25) is 5.91 Å². The van der Waals surface area contributed by atoms with E-state index in [2.05, 4.69) is 26.1 Å². The lowest BCUT2D eigenvalue weighted by Gasteiger charge is -2.20. The monoisotopic (exact) mass is 432 g/mol. The fourth-order valence-electron chi connectivity index (χ4n) is 3.38. The molecule has 3 rings (SSSR count). The van der Waals surface area contributed by atoms with Crippen molar-refractivity contribution in [3.63, 3.8) is 0 Å². The molecule has 2 amide bonds. The molecule has 0 unspecified atom stereocenters. The van der Waals surface area contributed by atoms with Crippen LogP contribution in [-0.2, 0) is 10.2 Å². The van der Waals surface area contributed by atoms with Crippen molar-refractivity contribution >= 4 is 17.6 Å². The number of likely N-dealkylation sites (N-methyl/N-ethyl adjacent to an activating group) is 1. The van der Waals surface area contributed by atoms with Crippen molar-refractivity contribution in [2.45, 2.75) is 47.0 Å². The van der Waals surface area contributed by atoms with Gasteiger partial charge in [0.25, 0.3) is 5.91 Å². The number of anilines is 1. The number of hydrogen-bond donors (Lipinski definition) is 1. The molecule has 0 bridgehead atoms. The third kappa shape index (κ3) is 5.25. The van der Waals surface area contributed by atoms with Gasteiger partial charge in [-0.25, -0.2) is 4.68 Å². The normalized spacial score (nSPS) is 11.3. The van der Waals surface area contributed by atoms with Crippen LogP contribution in [0.25, 0.3) is 5.69 Å².